The highest BCUT2D eigenvalue weighted by Crippen LogP contribution is 2.24. The summed E-state index contributed by atoms with van der Waals surface area (Å²) >= 11 is 0. The van der Waals surface area contributed by atoms with Crippen molar-refractivity contribution in [2.75, 3.05) is 6.54 Å². The van der Waals surface area contributed by atoms with Gasteiger partial charge in [0.2, 0.25) is 0 Å². The van der Waals surface area contributed by atoms with Crippen molar-refractivity contribution in [3.8, 4) is 11.3 Å². The molecule has 2 rings (SSSR count). The van der Waals surface area contributed by atoms with Gasteiger partial charge < -0.3 is 10.2 Å². The van der Waals surface area contributed by atoms with E-state index in [2.05, 4.69) is 10.2 Å². The van der Waals surface area contributed by atoms with E-state index in [4.69, 9.17) is 10.2 Å². The molecule has 0 fully saturated rings. The van der Waals surface area contributed by atoms with Gasteiger partial charge in [-0.3, -0.25) is 5.10 Å². The van der Waals surface area contributed by atoms with Crippen molar-refractivity contribution in [1.29, 1.82) is 0 Å². The first-order valence-electron chi connectivity index (χ1n) is 4.60. The number of H-pyrrole nitrogens is 1. The van der Waals surface area contributed by atoms with Crippen LogP contribution in [0.3, 0.4) is 0 Å². The zero-order valence-electron chi connectivity index (χ0n) is 8.08. The Bertz CT molecular complexity index is 416. The predicted molar refractivity (Wildman–Crippen MR) is 53.8 cm³/mol. The third kappa shape index (κ3) is 1.56. The molecule has 3 N–H and O–H groups in total. The standard InChI is InChI=1S/C10H13N3O/c1-7-2-3-10(14-7)8-6-12-13-9(8)4-5-11/h2-3,6H,4-5,11H2,1H3,(H,12,13). The summed E-state index contributed by atoms with van der Waals surface area (Å²) in [5.41, 5.74) is 7.53. The first-order chi connectivity index (χ1) is 6.81. The molecule has 74 valence electrons. The lowest BCUT2D eigenvalue weighted by Gasteiger charge is -1.97. The normalized spacial score (nSPS) is 10.7. The number of hydrogen-bond acceptors (Lipinski definition) is 3. The van der Waals surface area contributed by atoms with Crippen LogP contribution in [-0.2, 0) is 6.42 Å². The van der Waals surface area contributed by atoms with E-state index in [1.165, 1.54) is 0 Å². The quantitative estimate of drug-likeness (QED) is 0.772. The van der Waals surface area contributed by atoms with Gasteiger partial charge in [0.05, 0.1) is 11.8 Å². The number of aryl methyl sites for hydroxylation is 1. The van der Waals surface area contributed by atoms with Gasteiger partial charge in [-0.1, -0.05) is 0 Å². The second kappa shape index (κ2) is 3.67. The number of hydrogen-bond donors (Lipinski definition) is 2. The summed E-state index contributed by atoms with van der Waals surface area (Å²) in [6.45, 7) is 2.53. The Balaban J connectivity index is 2.36. The number of nitrogens with one attached hydrogen (secondary N) is 1. The van der Waals surface area contributed by atoms with E-state index in [-0.39, 0.29) is 0 Å². The van der Waals surface area contributed by atoms with Crippen LogP contribution in [0.2, 0.25) is 0 Å². The van der Waals surface area contributed by atoms with Crippen LogP contribution in [-0.4, -0.2) is 16.7 Å². The molecule has 0 saturated heterocycles. The van der Waals surface area contributed by atoms with Crippen LogP contribution in [0.25, 0.3) is 11.3 Å². The van der Waals surface area contributed by atoms with Crippen LogP contribution in [0.15, 0.2) is 22.7 Å². The van der Waals surface area contributed by atoms with E-state index in [1.807, 2.05) is 19.1 Å². The van der Waals surface area contributed by atoms with E-state index in [9.17, 15) is 0 Å². The monoisotopic (exact) mass is 191 g/mol. The van der Waals surface area contributed by atoms with Gasteiger partial charge in [-0.25, -0.2) is 0 Å². The van der Waals surface area contributed by atoms with Gasteiger partial charge in [-0.2, -0.15) is 5.10 Å². The highest BCUT2D eigenvalue weighted by atomic mass is 16.3. The zero-order chi connectivity index (χ0) is 9.97. The summed E-state index contributed by atoms with van der Waals surface area (Å²) in [7, 11) is 0. The number of aromatic amines is 1. The maximum Gasteiger partial charge on any atom is 0.137 e. The van der Waals surface area contributed by atoms with Crippen molar-refractivity contribution in [3.63, 3.8) is 0 Å². The first kappa shape index (κ1) is 9.02. The maximum absolute atomic E-state index is 5.51. The molecular weight excluding hydrogens is 178 g/mol. The fourth-order valence-corrected chi connectivity index (χ4v) is 1.44. The Morgan fingerprint density at radius 1 is 1.50 bits per heavy atom. The molecule has 0 aliphatic carbocycles. The van der Waals surface area contributed by atoms with Crippen molar-refractivity contribution in [2.45, 2.75) is 13.3 Å². The van der Waals surface area contributed by atoms with Crippen LogP contribution >= 0.6 is 0 Å². The second-order valence-electron chi connectivity index (χ2n) is 3.21. The third-order valence-corrected chi connectivity index (χ3v) is 2.12. The molecule has 0 aromatic carbocycles. The molecule has 4 nitrogen and oxygen atoms in total. The van der Waals surface area contributed by atoms with Crippen LogP contribution in [0.1, 0.15) is 11.5 Å². The minimum absolute atomic E-state index is 0.606. The van der Waals surface area contributed by atoms with Crippen molar-refractivity contribution >= 4 is 0 Å². The molecule has 0 spiro atoms. The number of aromatic nitrogens is 2. The molecular formula is C10H13N3O. The van der Waals surface area contributed by atoms with Crippen LogP contribution in [0.4, 0.5) is 0 Å². The molecule has 0 bridgehead atoms. The maximum atomic E-state index is 5.51. The Labute approximate surface area is 82.1 Å². The topological polar surface area (TPSA) is 67.8 Å². The number of furan rings is 1. The minimum Gasteiger partial charge on any atom is -0.461 e. The summed E-state index contributed by atoms with van der Waals surface area (Å²) in [5.74, 6) is 1.75. The third-order valence-electron chi connectivity index (χ3n) is 2.12. The van der Waals surface area contributed by atoms with E-state index >= 15 is 0 Å². The van der Waals surface area contributed by atoms with Crippen molar-refractivity contribution < 1.29 is 4.42 Å². The van der Waals surface area contributed by atoms with Crippen molar-refractivity contribution in [3.05, 3.63) is 29.8 Å². The molecule has 2 aromatic heterocycles. The predicted octanol–water partition coefficient (Wildman–Crippen LogP) is 1.48. The number of rotatable bonds is 3. The Hall–Kier alpha value is -1.55. The summed E-state index contributed by atoms with van der Waals surface area (Å²) < 4.78 is 5.51. The summed E-state index contributed by atoms with van der Waals surface area (Å²) in [6, 6.07) is 3.88. The first-order valence-corrected chi connectivity index (χ1v) is 4.60. The summed E-state index contributed by atoms with van der Waals surface area (Å²) in [5, 5.41) is 6.91. The van der Waals surface area contributed by atoms with Gasteiger partial charge in [-0.15, -0.1) is 0 Å². The molecule has 2 heterocycles. The molecule has 0 atom stereocenters. The van der Waals surface area contributed by atoms with Crippen LogP contribution < -0.4 is 5.73 Å². The van der Waals surface area contributed by atoms with E-state index in [1.54, 1.807) is 6.20 Å². The molecule has 14 heavy (non-hydrogen) atoms. The zero-order valence-corrected chi connectivity index (χ0v) is 8.08. The highest BCUT2D eigenvalue weighted by molar-refractivity contribution is 5.59. The Morgan fingerprint density at radius 3 is 3.00 bits per heavy atom. The van der Waals surface area contributed by atoms with E-state index < -0.39 is 0 Å². The summed E-state index contributed by atoms with van der Waals surface area (Å²) in [4.78, 5) is 0. The largest absolute Gasteiger partial charge is 0.461 e. The minimum atomic E-state index is 0.606. The van der Waals surface area contributed by atoms with E-state index in [0.717, 1.165) is 29.2 Å². The van der Waals surface area contributed by atoms with E-state index in [0.29, 0.717) is 6.54 Å². The molecule has 0 aliphatic rings. The highest BCUT2D eigenvalue weighted by Gasteiger charge is 2.09. The Kier molecular flexibility index (Phi) is 2.37. The average Bonchev–Trinajstić information content (AvgIpc) is 2.74. The van der Waals surface area contributed by atoms with Gasteiger partial charge in [-0.05, 0) is 25.6 Å². The van der Waals surface area contributed by atoms with Crippen molar-refractivity contribution in [1.82, 2.24) is 10.2 Å². The lowest BCUT2D eigenvalue weighted by molar-refractivity contribution is 0.548. The fraction of sp³-hybridized carbons (Fsp3) is 0.300. The average molecular weight is 191 g/mol. The van der Waals surface area contributed by atoms with Gasteiger partial charge >= 0.3 is 0 Å². The van der Waals surface area contributed by atoms with Gasteiger partial charge in [0.25, 0.3) is 0 Å². The van der Waals surface area contributed by atoms with Crippen molar-refractivity contribution in [2.24, 2.45) is 5.73 Å². The molecule has 0 saturated carbocycles. The molecule has 4 heteroatoms. The molecule has 0 radical (unpaired) electrons. The Morgan fingerprint density at radius 2 is 2.36 bits per heavy atom. The lowest BCUT2D eigenvalue weighted by atomic mass is 10.1. The van der Waals surface area contributed by atoms with Gasteiger partial charge in [0.15, 0.2) is 0 Å². The SMILES string of the molecule is Cc1ccc(-c2cn[nH]c2CCN)o1. The van der Waals surface area contributed by atoms with Gasteiger partial charge in [0, 0.05) is 12.1 Å². The van der Waals surface area contributed by atoms with Crippen LogP contribution in [0, 0.1) is 6.92 Å². The molecule has 0 amide bonds. The molecule has 2 aromatic rings. The summed E-state index contributed by atoms with van der Waals surface area (Å²) in [6.07, 6.45) is 2.55. The molecule has 0 aliphatic heterocycles. The second-order valence-corrected chi connectivity index (χ2v) is 3.21. The lowest BCUT2D eigenvalue weighted by Crippen LogP contribution is -2.03. The fourth-order valence-electron chi connectivity index (χ4n) is 1.44. The molecule has 0 unspecified atom stereocenters. The van der Waals surface area contributed by atoms with Gasteiger partial charge in [0.1, 0.15) is 11.5 Å². The number of nitrogens with zero attached hydrogens (tertiary/aromatic N) is 1. The smallest absolute Gasteiger partial charge is 0.137 e. The number of nitrogens with two attached hydrogens (primary N) is 1. The van der Waals surface area contributed by atoms with Crippen LogP contribution in [0.5, 0.6) is 0 Å².